The number of nitrogens with one attached hydrogen (secondary N) is 2. The third-order valence-corrected chi connectivity index (χ3v) is 5.93. The molecule has 1 amide bonds. The zero-order valence-electron chi connectivity index (χ0n) is 12.6. The number of rotatable bonds is 6. The lowest BCUT2D eigenvalue weighted by atomic mass is 9.96. The number of hydrogen-bond acceptors (Lipinski definition) is 3. The van der Waals surface area contributed by atoms with Crippen LogP contribution in [-0.4, -0.2) is 19.0 Å². The normalized spacial score (nSPS) is 24.3. The topological polar surface area (TPSA) is 41.1 Å². The van der Waals surface area contributed by atoms with Crippen molar-refractivity contribution in [3.05, 3.63) is 22.4 Å². The van der Waals surface area contributed by atoms with Crippen molar-refractivity contribution in [2.24, 2.45) is 11.8 Å². The molecule has 0 spiro atoms. The molecule has 2 heterocycles. The smallest absolute Gasteiger partial charge is 0.220 e. The van der Waals surface area contributed by atoms with Crippen molar-refractivity contribution in [3.8, 4) is 0 Å². The van der Waals surface area contributed by atoms with Crippen LogP contribution in [-0.2, 0) is 4.79 Å². The minimum atomic E-state index is 0.243. The summed E-state index contributed by atoms with van der Waals surface area (Å²) in [6.45, 7) is 2.20. The monoisotopic (exact) mass is 306 g/mol. The number of carbonyl (C=O) groups excluding carboxylic acids is 1. The minimum absolute atomic E-state index is 0.243. The Morgan fingerprint density at radius 2 is 2.24 bits per heavy atom. The van der Waals surface area contributed by atoms with Gasteiger partial charge in [-0.05, 0) is 62.1 Å². The molecule has 1 aliphatic heterocycles. The third kappa shape index (κ3) is 4.07. The maximum atomic E-state index is 12.3. The van der Waals surface area contributed by atoms with Gasteiger partial charge in [0.2, 0.25) is 5.91 Å². The molecule has 1 saturated carbocycles. The van der Waals surface area contributed by atoms with Crippen LogP contribution in [0.25, 0.3) is 0 Å². The van der Waals surface area contributed by atoms with Gasteiger partial charge in [0.25, 0.3) is 0 Å². The number of thiophene rings is 1. The Morgan fingerprint density at radius 3 is 2.90 bits per heavy atom. The highest BCUT2D eigenvalue weighted by molar-refractivity contribution is 7.10. The molecule has 21 heavy (non-hydrogen) atoms. The molecule has 2 N–H and O–H groups in total. The zero-order chi connectivity index (χ0) is 14.5. The first-order valence-corrected chi connectivity index (χ1v) is 9.24. The summed E-state index contributed by atoms with van der Waals surface area (Å²) in [5.74, 6) is 1.58. The Kier molecular flexibility index (Phi) is 5.31. The van der Waals surface area contributed by atoms with Crippen LogP contribution < -0.4 is 10.6 Å². The number of hydrogen-bond donors (Lipinski definition) is 2. The Morgan fingerprint density at radius 1 is 1.38 bits per heavy atom. The second kappa shape index (κ2) is 7.41. The first-order valence-electron chi connectivity index (χ1n) is 8.36. The predicted molar refractivity (Wildman–Crippen MR) is 87.4 cm³/mol. The van der Waals surface area contributed by atoms with E-state index in [2.05, 4.69) is 28.1 Å². The fourth-order valence-electron chi connectivity index (χ4n) is 3.72. The van der Waals surface area contributed by atoms with Crippen molar-refractivity contribution < 1.29 is 4.79 Å². The van der Waals surface area contributed by atoms with E-state index in [1.54, 1.807) is 11.3 Å². The fraction of sp³-hybridized carbons (Fsp3) is 0.706. The average molecular weight is 306 g/mol. The maximum absolute atomic E-state index is 12.3. The molecule has 2 unspecified atom stereocenters. The Labute approximate surface area is 131 Å². The highest BCUT2D eigenvalue weighted by Crippen LogP contribution is 2.37. The third-order valence-electron chi connectivity index (χ3n) is 4.98. The standard InChI is InChI=1S/C17H26N2OS/c20-16(8-7-13-9-10-18-12-13)19-17(14-4-1-2-5-14)15-6-3-11-21-15/h3,6,11,13-14,17-18H,1-2,4-5,7-10,12H2,(H,19,20). The molecule has 0 radical (unpaired) electrons. The van der Waals surface area contributed by atoms with E-state index in [9.17, 15) is 4.79 Å². The molecule has 4 heteroatoms. The van der Waals surface area contributed by atoms with E-state index in [-0.39, 0.29) is 11.9 Å². The summed E-state index contributed by atoms with van der Waals surface area (Å²) in [5, 5.41) is 8.83. The van der Waals surface area contributed by atoms with Gasteiger partial charge < -0.3 is 10.6 Å². The van der Waals surface area contributed by atoms with Gasteiger partial charge in [-0.15, -0.1) is 11.3 Å². The molecule has 1 aliphatic carbocycles. The van der Waals surface area contributed by atoms with Crippen molar-refractivity contribution in [1.82, 2.24) is 10.6 Å². The van der Waals surface area contributed by atoms with E-state index in [1.165, 1.54) is 37.0 Å². The maximum Gasteiger partial charge on any atom is 0.220 e. The van der Waals surface area contributed by atoms with E-state index in [4.69, 9.17) is 0 Å². The van der Waals surface area contributed by atoms with E-state index in [0.717, 1.165) is 19.5 Å². The lowest BCUT2D eigenvalue weighted by Crippen LogP contribution is -2.32. The van der Waals surface area contributed by atoms with E-state index >= 15 is 0 Å². The van der Waals surface area contributed by atoms with E-state index in [1.807, 2.05) is 0 Å². The fourth-order valence-corrected chi connectivity index (χ4v) is 4.59. The molecule has 2 fully saturated rings. The predicted octanol–water partition coefficient (Wildman–Crippen LogP) is 3.49. The van der Waals surface area contributed by atoms with Crippen LogP contribution in [0.2, 0.25) is 0 Å². The molecule has 1 saturated heterocycles. The zero-order valence-corrected chi connectivity index (χ0v) is 13.5. The van der Waals surface area contributed by atoms with Gasteiger partial charge in [0.15, 0.2) is 0 Å². The summed E-state index contributed by atoms with van der Waals surface area (Å²) < 4.78 is 0. The number of amides is 1. The van der Waals surface area contributed by atoms with Crippen molar-refractivity contribution in [2.45, 2.75) is 51.0 Å². The molecule has 1 aromatic rings. The molecule has 116 valence electrons. The second-order valence-corrected chi connectivity index (χ2v) is 7.48. The first-order chi connectivity index (χ1) is 10.3. The summed E-state index contributed by atoms with van der Waals surface area (Å²) in [6.07, 6.45) is 8.09. The van der Waals surface area contributed by atoms with Crippen LogP contribution in [0, 0.1) is 11.8 Å². The Balaban J connectivity index is 1.54. The molecule has 2 atom stereocenters. The molecular weight excluding hydrogens is 280 g/mol. The van der Waals surface area contributed by atoms with Crippen molar-refractivity contribution in [3.63, 3.8) is 0 Å². The van der Waals surface area contributed by atoms with E-state index in [0.29, 0.717) is 18.3 Å². The van der Waals surface area contributed by atoms with E-state index < -0.39 is 0 Å². The van der Waals surface area contributed by atoms with Gasteiger partial charge in [-0.2, -0.15) is 0 Å². The minimum Gasteiger partial charge on any atom is -0.348 e. The summed E-state index contributed by atoms with van der Waals surface area (Å²) in [6, 6.07) is 4.52. The van der Waals surface area contributed by atoms with Crippen LogP contribution >= 0.6 is 11.3 Å². The highest BCUT2D eigenvalue weighted by Gasteiger charge is 2.28. The summed E-state index contributed by atoms with van der Waals surface area (Å²) in [7, 11) is 0. The first kappa shape index (κ1) is 15.0. The van der Waals surface area contributed by atoms with Crippen molar-refractivity contribution >= 4 is 17.2 Å². The summed E-state index contributed by atoms with van der Waals surface area (Å²) >= 11 is 1.78. The quantitative estimate of drug-likeness (QED) is 0.845. The van der Waals surface area contributed by atoms with Gasteiger partial charge in [-0.25, -0.2) is 0 Å². The van der Waals surface area contributed by atoms with Gasteiger partial charge in [-0.1, -0.05) is 18.9 Å². The van der Waals surface area contributed by atoms with Crippen LogP contribution in [0.15, 0.2) is 17.5 Å². The molecular formula is C17H26N2OS. The highest BCUT2D eigenvalue weighted by atomic mass is 32.1. The van der Waals surface area contributed by atoms with Crippen LogP contribution in [0.5, 0.6) is 0 Å². The molecule has 2 aliphatic rings. The Bertz CT molecular complexity index is 434. The van der Waals surface area contributed by atoms with Crippen LogP contribution in [0.1, 0.15) is 55.9 Å². The second-order valence-electron chi connectivity index (χ2n) is 6.50. The molecule has 0 aromatic carbocycles. The summed E-state index contributed by atoms with van der Waals surface area (Å²) in [4.78, 5) is 13.7. The van der Waals surface area contributed by atoms with Crippen molar-refractivity contribution in [2.75, 3.05) is 13.1 Å². The molecule has 0 bridgehead atoms. The van der Waals surface area contributed by atoms with Gasteiger partial charge in [-0.3, -0.25) is 4.79 Å². The van der Waals surface area contributed by atoms with Crippen molar-refractivity contribution in [1.29, 1.82) is 0 Å². The van der Waals surface area contributed by atoms with Gasteiger partial charge in [0.1, 0.15) is 0 Å². The van der Waals surface area contributed by atoms with Crippen LogP contribution in [0.3, 0.4) is 0 Å². The van der Waals surface area contributed by atoms with Crippen LogP contribution in [0.4, 0.5) is 0 Å². The molecule has 1 aromatic heterocycles. The molecule has 3 rings (SSSR count). The van der Waals surface area contributed by atoms with Gasteiger partial charge in [0.05, 0.1) is 6.04 Å². The number of carbonyl (C=O) groups is 1. The average Bonchev–Trinajstić information content (AvgIpc) is 3.26. The lowest BCUT2D eigenvalue weighted by Gasteiger charge is -2.24. The Hall–Kier alpha value is -0.870. The molecule has 3 nitrogen and oxygen atoms in total. The van der Waals surface area contributed by atoms with Gasteiger partial charge >= 0.3 is 0 Å². The lowest BCUT2D eigenvalue weighted by molar-refractivity contribution is -0.122. The van der Waals surface area contributed by atoms with Gasteiger partial charge in [0, 0.05) is 11.3 Å². The summed E-state index contributed by atoms with van der Waals surface area (Å²) in [5.41, 5.74) is 0. The SMILES string of the molecule is O=C(CCC1CCNC1)NC(c1cccs1)C1CCCC1. The largest absolute Gasteiger partial charge is 0.348 e.